The molecule has 2 amide bonds. The Morgan fingerprint density at radius 3 is 2.35 bits per heavy atom. The molecule has 1 aliphatic heterocycles. The molecule has 0 aliphatic carbocycles. The van der Waals surface area contributed by atoms with Crippen molar-refractivity contribution in [2.24, 2.45) is 5.92 Å². The Morgan fingerprint density at radius 1 is 1.19 bits per heavy atom. The van der Waals surface area contributed by atoms with Gasteiger partial charge in [0.25, 0.3) is 6.47 Å². The van der Waals surface area contributed by atoms with Crippen molar-refractivity contribution in [1.82, 2.24) is 15.5 Å². The Hall–Kier alpha value is -2.46. The van der Waals surface area contributed by atoms with Crippen LogP contribution in [0.5, 0.6) is 0 Å². The van der Waals surface area contributed by atoms with Gasteiger partial charge in [-0.1, -0.05) is 19.1 Å². The van der Waals surface area contributed by atoms with Crippen molar-refractivity contribution in [2.75, 3.05) is 32.9 Å². The van der Waals surface area contributed by atoms with E-state index in [1.807, 2.05) is 14.0 Å². The number of hydrogen-bond donors (Lipinski definition) is 3. The van der Waals surface area contributed by atoms with E-state index in [9.17, 15) is 18.0 Å². The van der Waals surface area contributed by atoms with E-state index in [0.717, 1.165) is 31.1 Å². The fourth-order valence-electron chi connectivity index (χ4n) is 3.45. The van der Waals surface area contributed by atoms with E-state index in [4.69, 9.17) is 9.90 Å². The molecule has 1 aliphatic rings. The zero-order chi connectivity index (χ0) is 23.4. The first-order chi connectivity index (χ1) is 14.6. The van der Waals surface area contributed by atoms with E-state index < -0.39 is 9.84 Å². The number of likely N-dealkylation sites (N-methyl/N-ethyl adjacent to an activating group) is 1. The summed E-state index contributed by atoms with van der Waals surface area (Å²) in [6.07, 6.45) is 3.77. The highest BCUT2D eigenvalue weighted by Gasteiger charge is 2.27. The van der Waals surface area contributed by atoms with Gasteiger partial charge >= 0.3 is 0 Å². The molecule has 0 radical (unpaired) electrons. The summed E-state index contributed by atoms with van der Waals surface area (Å²) >= 11 is 0. The van der Waals surface area contributed by atoms with Crippen molar-refractivity contribution in [2.45, 2.75) is 43.5 Å². The van der Waals surface area contributed by atoms with Crippen LogP contribution in [0.15, 0.2) is 29.2 Å². The fraction of sp³-hybridized carbons (Fsp3) is 0.571. The smallest absolute Gasteiger partial charge is 0.290 e. The maximum Gasteiger partial charge on any atom is 0.290 e. The molecule has 1 aromatic rings. The molecule has 1 aromatic carbocycles. The third-order valence-corrected chi connectivity index (χ3v) is 6.06. The van der Waals surface area contributed by atoms with Crippen molar-refractivity contribution in [3.8, 4) is 0 Å². The second-order valence-electron chi connectivity index (χ2n) is 7.75. The van der Waals surface area contributed by atoms with Gasteiger partial charge in [-0.05, 0) is 44.0 Å². The lowest BCUT2D eigenvalue weighted by Crippen LogP contribution is -2.42. The van der Waals surface area contributed by atoms with Crippen molar-refractivity contribution in [3.63, 3.8) is 0 Å². The van der Waals surface area contributed by atoms with Gasteiger partial charge in [-0.25, -0.2) is 8.42 Å². The van der Waals surface area contributed by atoms with Gasteiger partial charge < -0.3 is 20.6 Å². The van der Waals surface area contributed by atoms with E-state index in [2.05, 4.69) is 15.5 Å². The molecular formula is C21H33N3O6S. The van der Waals surface area contributed by atoms with Gasteiger partial charge in [-0.3, -0.25) is 14.4 Å². The average Bonchev–Trinajstić information content (AvgIpc) is 2.87. The molecule has 0 bridgehead atoms. The number of nitrogens with zero attached hydrogens (tertiary/aromatic N) is 1. The highest BCUT2D eigenvalue weighted by Crippen LogP contribution is 2.17. The van der Waals surface area contributed by atoms with Crippen molar-refractivity contribution in [3.05, 3.63) is 29.8 Å². The number of carboxylic acid groups (broad SMARTS) is 1. The van der Waals surface area contributed by atoms with Gasteiger partial charge in [-0.15, -0.1) is 0 Å². The topological polar surface area (TPSA) is 133 Å². The molecule has 0 spiro atoms. The van der Waals surface area contributed by atoms with Crippen LogP contribution in [0.25, 0.3) is 0 Å². The number of rotatable bonds is 7. The Morgan fingerprint density at radius 2 is 1.81 bits per heavy atom. The molecule has 2 rings (SSSR count). The summed E-state index contributed by atoms with van der Waals surface area (Å²) in [5.41, 5.74) is 0.767. The number of sulfone groups is 1. The molecule has 0 unspecified atom stereocenters. The molecule has 3 N–H and O–H groups in total. The molecular weight excluding hydrogens is 422 g/mol. The third-order valence-electron chi connectivity index (χ3n) is 4.93. The number of carbonyl (C=O) groups is 3. The SMILES string of the molecule is CCCNC(=O)[C@@H]1CC[C@H](NC(=O)Cc2ccc(S(C)(=O)=O)cc2)CN(C)C1.O=CO. The van der Waals surface area contributed by atoms with Crippen LogP contribution in [-0.2, 0) is 30.6 Å². The number of likely N-dealkylation sites (tertiary alicyclic amines) is 1. The molecule has 9 nitrogen and oxygen atoms in total. The highest BCUT2D eigenvalue weighted by atomic mass is 32.2. The predicted molar refractivity (Wildman–Crippen MR) is 117 cm³/mol. The molecule has 0 saturated carbocycles. The van der Waals surface area contributed by atoms with E-state index in [-0.39, 0.29) is 41.6 Å². The van der Waals surface area contributed by atoms with Crippen molar-refractivity contribution < 1.29 is 27.9 Å². The summed E-state index contributed by atoms with van der Waals surface area (Å²) in [7, 11) is -1.27. The second-order valence-corrected chi connectivity index (χ2v) is 9.76. The molecule has 1 fully saturated rings. The van der Waals surface area contributed by atoms with Gasteiger partial charge in [0.05, 0.1) is 17.2 Å². The average molecular weight is 456 g/mol. The molecule has 31 heavy (non-hydrogen) atoms. The van der Waals surface area contributed by atoms with Crippen LogP contribution < -0.4 is 10.6 Å². The summed E-state index contributed by atoms with van der Waals surface area (Å²) in [5, 5.41) is 12.9. The quantitative estimate of drug-likeness (QED) is 0.515. The maximum absolute atomic E-state index is 12.4. The van der Waals surface area contributed by atoms with E-state index >= 15 is 0 Å². The van der Waals surface area contributed by atoms with Crippen LogP contribution in [-0.4, -0.2) is 75.7 Å². The largest absolute Gasteiger partial charge is 0.483 e. The van der Waals surface area contributed by atoms with Crippen molar-refractivity contribution >= 4 is 28.1 Å². The van der Waals surface area contributed by atoms with Crippen LogP contribution in [0.1, 0.15) is 31.7 Å². The zero-order valence-corrected chi connectivity index (χ0v) is 19.2. The standard InChI is InChI=1S/C20H31N3O4S.CH2O2/c1-4-11-21-20(25)16-7-8-17(14-23(2)13-16)22-19(24)12-15-5-9-18(10-6-15)28(3,26)27;2-1-3/h5-6,9-10,16-17H,4,7-8,11-14H2,1-3H3,(H,21,25)(H,22,24);1H,(H,2,3)/t16-,17+;/m1./s1. The first-order valence-corrected chi connectivity index (χ1v) is 12.1. The van der Waals surface area contributed by atoms with Gasteiger partial charge in [0, 0.05) is 31.9 Å². The van der Waals surface area contributed by atoms with E-state index in [1.54, 1.807) is 12.1 Å². The number of carbonyl (C=O) groups excluding carboxylic acids is 2. The van der Waals surface area contributed by atoms with E-state index in [1.165, 1.54) is 12.1 Å². The van der Waals surface area contributed by atoms with Crippen LogP contribution in [0.4, 0.5) is 0 Å². The zero-order valence-electron chi connectivity index (χ0n) is 18.3. The van der Waals surface area contributed by atoms with Gasteiger partial charge in [0.15, 0.2) is 9.84 Å². The highest BCUT2D eigenvalue weighted by molar-refractivity contribution is 7.90. The summed E-state index contributed by atoms with van der Waals surface area (Å²) < 4.78 is 23.0. The summed E-state index contributed by atoms with van der Waals surface area (Å²) in [4.78, 5) is 35.4. The number of nitrogens with one attached hydrogen (secondary N) is 2. The van der Waals surface area contributed by atoms with Crippen LogP contribution >= 0.6 is 0 Å². The van der Waals surface area contributed by atoms with Crippen LogP contribution in [0.3, 0.4) is 0 Å². The van der Waals surface area contributed by atoms with E-state index in [0.29, 0.717) is 19.6 Å². The first kappa shape index (κ1) is 26.6. The van der Waals surface area contributed by atoms with Crippen LogP contribution in [0, 0.1) is 5.92 Å². The predicted octanol–water partition coefficient (Wildman–Crippen LogP) is 0.686. The molecule has 1 heterocycles. The molecule has 10 heteroatoms. The Bertz CT molecular complexity index is 826. The summed E-state index contributed by atoms with van der Waals surface area (Å²) in [5.74, 6) is -0.0620. The Kier molecular flexibility index (Phi) is 11.2. The van der Waals surface area contributed by atoms with Crippen molar-refractivity contribution in [1.29, 1.82) is 0 Å². The lowest BCUT2D eigenvalue weighted by Gasteiger charge is -2.22. The minimum absolute atomic E-state index is 0.00299. The van der Waals surface area contributed by atoms with Gasteiger partial charge in [0.2, 0.25) is 11.8 Å². The molecule has 2 atom stereocenters. The molecule has 0 aromatic heterocycles. The van der Waals surface area contributed by atoms with Gasteiger partial charge in [0.1, 0.15) is 0 Å². The Labute approximate surface area is 184 Å². The summed E-state index contributed by atoms with van der Waals surface area (Å²) in [6, 6.07) is 6.39. The lowest BCUT2D eigenvalue weighted by molar-refractivity contribution is -0.125. The maximum atomic E-state index is 12.4. The fourth-order valence-corrected chi connectivity index (χ4v) is 4.09. The number of amides is 2. The first-order valence-electron chi connectivity index (χ1n) is 10.2. The monoisotopic (exact) mass is 455 g/mol. The number of hydrogen-bond acceptors (Lipinski definition) is 6. The molecule has 174 valence electrons. The molecule has 1 saturated heterocycles. The Balaban J connectivity index is 0.00000151. The number of benzene rings is 1. The normalized spacial score (nSPS) is 19.3. The second kappa shape index (κ2) is 13.1. The third kappa shape index (κ3) is 9.93. The van der Waals surface area contributed by atoms with Crippen LogP contribution in [0.2, 0.25) is 0 Å². The summed E-state index contributed by atoms with van der Waals surface area (Å²) in [6.45, 7) is 3.86. The minimum atomic E-state index is -3.24. The van der Waals surface area contributed by atoms with Gasteiger partial charge in [-0.2, -0.15) is 0 Å². The lowest BCUT2D eigenvalue weighted by atomic mass is 10.0. The minimum Gasteiger partial charge on any atom is -0.483 e.